The van der Waals surface area contributed by atoms with E-state index in [9.17, 15) is 8.42 Å². The SMILES string of the molecule is O=S(=O)(NCCc1nnc2ccc(SCc3ccc(Cl)cc3)nn12)c1ccccc1. The van der Waals surface area contributed by atoms with Gasteiger partial charge in [0.25, 0.3) is 0 Å². The van der Waals surface area contributed by atoms with Crippen LogP contribution in [0, 0.1) is 0 Å². The predicted molar refractivity (Wildman–Crippen MR) is 117 cm³/mol. The molecule has 0 amide bonds. The molecular formula is C20H18ClN5O2S2. The standard InChI is InChI=1S/C20H18ClN5O2S2/c21-16-8-6-15(7-9-16)14-29-20-11-10-18-23-24-19(26(18)25-20)12-13-22-30(27,28)17-4-2-1-3-5-17/h1-11,22H,12-14H2. The van der Waals surface area contributed by atoms with E-state index in [2.05, 4.69) is 20.0 Å². The molecule has 154 valence electrons. The molecule has 0 spiro atoms. The van der Waals surface area contributed by atoms with Crippen molar-refractivity contribution in [3.05, 3.63) is 83.1 Å². The van der Waals surface area contributed by atoms with Gasteiger partial charge >= 0.3 is 0 Å². The Morgan fingerprint density at radius 1 is 0.967 bits per heavy atom. The van der Waals surface area contributed by atoms with Crippen LogP contribution in [0.4, 0.5) is 0 Å². The van der Waals surface area contributed by atoms with Gasteiger partial charge < -0.3 is 0 Å². The summed E-state index contributed by atoms with van der Waals surface area (Å²) in [6.45, 7) is 0.196. The molecule has 4 rings (SSSR count). The lowest BCUT2D eigenvalue weighted by Crippen LogP contribution is -2.26. The van der Waals surface area contributed by atoms with Crippen LogP contribution in [-0.2, 0) is 22.2 Å². The van der Waals surface area contributed by atoms with Gasteiger partial charge in [-0.2, -0.15) is 9.61 Å². The second-order valence-electron chi connectivity index (χ2n) is 6.43. The lowest BCUT2D eigenvalue weighted by atomic mass is 10.2. The fourth-order valence-corrected chi connectivity index (χ4v) is 4.76. The fourth-order valence-electron chi connectivity index (χ4n) is 2.77. The molecule has 4 aromatic rings. The van der Waals surface area contributed by atoms with Crippen LogP contribution in [0.2, 0.25) is 5.02 Å². The number of thioether (sulfide) groups is 1. The van der Waals surface area contributed by atoms with Gasteiger partial charge in [0.2, 0.25) is 10.0 Å². The Morgan fingerprint density at radius 2 is 1.73 bits per heavy atom. The molecule has 2 aromatic heterocycles. The van der Waals surface area contributed by atoms with Gasteiger partial charge in [-0.25, -0.2) is 13.1 Å². The van der Waals surface area contributed by atoms with E-state index in [4.69, 9.17) is 11.6 Å². The van der Waals surface area contributed by atoms with E-state index >= 15 is 0 Å². The second kappa shape index (κ2) is 9.13. The summed E-state index contributed by atoms with van der Waals surface area (Å²) in [6.07, 6.45) is 0.367. The molecule has 0 atom stereocenters. The molecular weight excluding hydrogens is 442 g/mol. The summed E-state index contributed by atoms with van der Waals surface area (Å²) in [6, 6.07) is 19.7. The lowest BCUT2D eigenvalue weighted by molar-refractivity contribution is 0.580. The van der Waals surface area contributed by atoms with Crippen LogP contribution in [0.1, 0.15) is 11.4 Å². The Bertz CT molecular complexity index is 1250. The molecule has 10 heteroatoms. The van der Waals surface area contributed by atoms with Gasteiger partial charge in [-0.15, -0.1) is 10.2 Å². The summed E-state index contributed by atoms with van der Waals surface area (Å²) >= 11 is 7.51. The smallest absolute Gasteiger partial charge is 0.211 e. The first kappa shape index (κ1) is 20.8. The highest BCUT2D eigenvalue weighted by Gasteiger charge is 2.14. The molecule has 1 N–H and O–H groups in total. The molecule has 0 radical (unpaired) electrons. The van der Waals surface area contributed by atoms with E-state index in [-0.39, 0.29) is 11.4 Å². The summed E-state index contributed by atoms with van der Waals surface area (Å²) in [4.78, 5) is 0.232. The van der Waals surface area contributed by atoms with Crippen molar-refractivity contribution >= 4 is 39.0 Å². The third kappa shape index (κ3) is 4.99. The maximum Gasteiger partial charge on any atom is 0.240 e. The van der Waals surface area contributed by atoms with E-state index in [1.807, 2.05) is 36.4 Å². The number of rotatable bonds is 8. The third-order valence-corrected chi connectivity index (χ3v) is 7.02. The van der Waals surface area contributed by atoms with E-state index in [1.54, 1.807) is 46.6 Å². The van der Waals surface area contributed by atoms with Crippen molar-refractivity contribution in [2.24, 2.45) is 0 Å². The first-order chi connectivity index (χ1) is 14.5. The summed E-state index contributed by atoms with van der Waals surface area (Å²) in [5.41, 5.74) is 1.76. The van der Waals surface area contributed by atoms with Crippen molar-refractivity contribution in [1.82, 2.24) is 24.5 Å². The zero-order valence-electron chi connectivity index (χ0n) is 15.8. The van der Waals surface area contributed by atoms with Crippen molar-refractivity contribution in [2.75, 3.05) is 6.54 Å². The van der Waals surface area contributed by atoms with Crippen molar-refractivity contribution < 1.29 is 8.42 Å². The maximum absolute atomic E-state index is 12.3. The summed E-state index contributed by atoms with van der Waals surface area (Å²) in [7, 11) is -3.56. The van der Waals surface area contributed by atoms with E-state index in [1.165, 1.54) is 0 Å². The average molecular weight is 460 g/mol. The van der Waals surface area contributed by atoms with Crippen molar-refractivity contribution in [3.63, 3.8) is 0 Å². The Labute approximate surface area is 183 Å². The van der Waals surface area contributed by atoms with E-state index in [0.717, 1.165) is 16.3 Å². The van der Waals surface area contributed by atoms with Crippen LogP contribution in [0.3, 0.4) is 0 Å². The Hall–Kier alpha value is -2.46. The molecule has 0 aliphatic heterocycles. The molecule has 0 aliphatic rings. The number of hydrogen-bond acceptors (Lipinski definition) is 6. The normalized spacial score (nSPS) is 11.8. The van der Waals surface area contributed by atoms with Gasteiger partial charge in [0.05, 0.1) is 4.90 Å². The highest BCUT2D eigenvalue weighted by atomic mass is 35.5. The highest BCUT2D eigenvalue weighted by Crippen LogP contribution is 2.22. The number of aromatic nitrogens is 4. The number of halogens is 1. The van der Waals surface area contributed by atoms with Gasteiger partial charge in [0, 0.05) is 23.7 Å². The second-order valence-corrected chi connectivity index (χ2v) is 9.63. The van der Waals surface area contributed by atoms with Crippen molar-refractivity contribution in [2.45, 2.75) is 22.1 Å². The summed E-state index contributed by atoms with van der Waals surface area (Å²) in [5.74, 6) is 1.35. The minimum atomic E-state index is -3.56. The third-order valence-electron chi connectivity index (χ3n) is 4.30. The zero-order valence-corrected chi connectivity index (χ0v) is 18.2. The van der Waals surface area contributed by atoms with Crippen molar-refractivity contribution in [3.8, 4) is 0 Å². The summed E-state index contributed by atoms with van der Waals surface area (Å²) in [5, 5.41) is 14.4. The van der Waals surface area contributed by atoms with E-state index < -0.39 is 10.0 Å². The molecule has 0 fully saturated rings. The number of nitrogens with zero attached hydrogens (tertiary/aromatic N) is 4. The zero-order chi connectivity index (χ0) is 21.0. The molecule has 2 aromatic carbocycles. The van der Waals surface area contributed by atoms with Gasteiger partial charge in [0.1, 0.15) is 5.03 Å². The van der Waals surface area contributed by atoms with Crippen LogP contribution in [-0.4, -0.2) is 34.8 Å². The molecule has 30 heavy (non-hydrogen) atoms. The average Bonchev–Trinajstić information content (AvgIpc) is 3.16. The highest BCUT2D eigenvalue weighted by molar-refractivity contribution is 7.98. The van der Waals surface area contributed by atoms with Gasteiger partial charge in [-0.3, -0.25) is 0 Å². The number of fused-ring (bicyclic) bond motifs is 1. The number of hydrogen-bond donors (Lipinski definition) is 1. The Balaban J connectivity index is 1.42. The van der Waals surface area contributed by atoms with E-state index in [0.29, 0.717) is 22.9 Å². The molecule has 2 heterocycles. The number of sulfonamides is 1. The molecule has 0 unspecified atom stereocenters. The van der Waals surface area contributed by atoms with Gasteiger partial charge in [0.15, 0.2) is 11.5 Å². The Kier molecular flexibility index (Phi) is 6.33. The first-order valence-corrected chi connectivity index (χ1v) is 12.0. The van der Waals surface area contributed by atoms with Crippen LogP contribution >= 0.6 is 23.4 Å². The summed E-state index contributed by atoms with van der Waals surface area (Å²) < 4.78 is 28.9. The topological polar surface area (TPSA) is 89.2 Å². The van der Waals surface area contributed by atoms with Crippen molar-refractivity contribution in [1.29, 1.82) is 0 Å². The van der Waals surface area contributed by atoms with Crippen LogP contribution in [0.25, 0.3) is 5.65 Å². The number of nitrogens with one attached hydrogen (secondary N) is 1. The molecule has 7 nitrogen and oxygen atoms in total. The minimum Gasteiger partial charge on any atom is -0.211 e. The van der Waals surface area contributed by atoms with Crippen LogP contribution in [0.15, 0.2) is 76.7 Å². The van der Waals surface area contributed by atoms with Gasteiger partial charge in [-0.05, 0) is 42.0 Å². The quantitative estimate of drug-likeness (QED) is 0.405. The maximum atomic E-state index is 12.3. The predicted octanol–water partition coefficient (Wildman–Crippen LogP) is 3.59. The number of benzene rings is 2. The fraction of sp³-hybridized carbons (Fsp3) is 0.150. The first-order valence-electron chi connectivity index (χ1n) is 9.14. The van der Waals surface area contributed by atoms with Crippen LogP contribution < -0.4 is 4.72 Å². The molecule has 0 bridgehead atoms. The largest absolute Gasteiger partial charge is 0.240 e. The lowest BCUT2D eigenvalue weighted by Gasteiger charge is -2.06. The molecule has 0 saturated heterocycles. The molecule has 0 saturated carbocycles. The van der Waals surface area contributed by atoms with Gasteiger partial charge in [-0.1, -0.05) is 53.7 Å². The molecule has 0 aliphatic carbocycles. The Morgan fingerprint density at radius 3 is 2.50 bits per heavy atom. The minimum absolute atomic E-state index is 0.196. The van der Waals surface area contributed by atoms with Crippen LogP contribution in [0.5, 0.6) is 0 Å². The monoisotopic (exact) mass is 459 g/mol.